The third kappa shape index (κ3) is 1.15. The van der Waals surface area contributed by atoms with Crippen LogP contribution in [0.1, 0.15) is 11.3 Å². The monoisotopic (exact) mass is 186 g/mol. The highest BCUT2D eigenvalue weighted by molar-refractivity contribution is 5.84. The van der Waals surface area contributed by atoms with E-state index in [9.17, 15) is 0 Å². The van der Waals surface area contributed by atoms with Gasteiger partial charge in [-0.15, -0.1) is 6.58 Å². The van der Waals surface area contributed by atoms with Crippen LogP contribution in [-0.4, -0.2) is 9.55 Å². The molecule has 14 heavy (non-hydrogen) atoms. The lowest BCUT2D eigenvalue weighted by Crippen LogP contribution is -1.97. The lowest BCUT2D eigenvalue weighted by Gasteiger charge is -2.03. The largest absolute Gasteiger partial charge is 0.340 e. The van der Waals surface area contributed by atoms with E-state index in [-0.39, 0.29) is 0 Å². The molecule has 2 aromatic heterocycles. The van der Waals surface area contributed by atoms with Crippen LogP contribution in [0, 0.1) is 13.8 Å². The molecule has 0 saturated carbocycles. The van der Waals surface area contributed by atoms with Crippen molar-refractivity contribution in [3.63, 3.8) is 0 Å². The summed E-state index contributed by atoms with van der Waals surface area (Å²) in [5.74, 6) is 0. The maximum atomic E-state index is 4.16. The van der Waals surface area contributed by atoms with Gasteiger partial charge in [0.2, 0.25) is 0 Å². The normalized spacial score (nSPS) is 10.7. The molecular weight excluding hydrogens is 172 g/mol. The molecule has 0 N–H and O–H groups in total. The van der Waals surface area contributed by atoms with Gasteiger partial charge in [-0.2, -0.15) is 0 Å². The number of hydrogen-bond acceptors (Lipinski definition) is 1. The van der Waals surface area contributed by atoms with Crippen molar-refractivity contribution in [2.75, 3.05) is 0 Å². The molecule has 2 heterocycles. The molecule has 0 aliphatic rings. The number of fused-ring (bicyclic) bond motifs is 1. The van der Waals surface area contributed by atoms with Crippen LogP contribution >= 0.6 is 0 Å². The van der Waals surface area contributed by atoms with E-state index in [1.807, 2.05) is 18.5 Å². The summed E-state index contributed by atoms with van der Waals surface area (Å²) in [6, 6.07) is 2.07. The molecule has 2 aromatic rings. The van der Waals surface area contributed by atoms with Crippen LogP contribution in [0.2, 0.25) is 0 Å². The topological polar surface area (TPSA) is 17.8 Å². The zero-order chi connectivity index (χ0) is 10.1. The van der Waals surface area contributed by atoms with Gasteiger partial charge >= 0.3 is 0 Å². The molecule has 0 aliphatic heterocycles. The van der Waals surface area contributed by atoms with Crippen LogP contribution in [0.15, 0.2) is 31.1 Å². The Morgan fingerprint density at radius 3 is 3.00 bits per heavy atom. The van der Waals surface area contributed by atoms with Gasteiger partial charge in [-0.1, -0.05) is 6.08 Å². The van der Waals surface area contributed by atoms with Crippen molar-refractivity contribution in [2.45, 2.75) is 20.4 Å². The minimum Gasteiger partial charge on any atom is -0.340 e. The van der Waals surface area contributed by atoms with Crippen LogP contribution in [0.3, 0.4) is 0 Å². The lowest BCUT2D eigenvalue weighted by atomic mass is 10.2. The van der Waals surface area contributed by atoms with E-state index in [1.165, 1.54) is 22.2 Å². The predicted octanol–water partition coefficient (Wildman–Crippen LogP) is 2.84. The molecule has 0 spiro atoms. The second-order valence-electron chi connectivity index (χ2n) is 3.50. The molecule has 0 aromatic carbocycles. The quantitative estimate of drug-likeness (QED) is 0.659. The first-order chi connectivity index (χ1) is 6.75. The molecule has 2 rings (SSSR count). The smallest absolute Gasteiger partial charge is 0.0674 e. The maximum Gasteiger partial charge on any atom is 0.0674 e. The van der Waals surface area contributed by atoms with E-state index < -0.39 is 0 Å². The molecular formula is C12H14N2. The van der Waals surface area contributed by atoms with Gasteiger partial charge in [-0.3, -0.25) is 4.98 Å². The van der Waals surface area contributed by atoms with Crippen molar-refractivity contribution >= 4 is 10.9 Å². The Bertz CT molecular complexity index is 480. The molecule has 0 bridgehead atoms. The molecule has 0 unspecified atom stereocenters. The average Bonchev–Trinajstić information content (AvgIpc) is 2.45. The second-order valence-corrected chi connectivity index (χ2v) is 3.50. The Balaban J connectivity index is 2.80. The Morgan fingerprint density at radius 1 is 1.50 bits per heavy atom. The third-order valence-electron chi connectivity index (χ3n) is 2.75. The lowest BCUT2D eigenvalue weighted by molar-refractivity contribution is 0.823. The summed E-state index contributed by atoms with van der Waals surface area (Å²) in [5, 5.41) is 1.29. The molecule has 0 saturated heterocycles. The standard InChI is InChI=1S/C12H14N2/c1-4-7-14-10(3)9(2)11-5-6-13-8-12(11)14/h4-6,8H,1,7H2,2-3H3. The molecule has 0 radical (unpaired) electrons. The first-order valence-electron chi connectivity index (χ1n) is 4.76. The fraction of sp³-hybridized carbons (Fsp3) is 0.250. The van der Waals surface area contributed by atoms with E-state index in [2.05, 4.69) is 36.0 Å². The van der Waals surface area contributed by atoms with Crippen molar-refractivity contribution < 1.29 is 0 Å². The highest BCUT2D eigenvalue weighted by Crippen LogP contribution is 2.23. The highest BCUT2D eigenvalue weighted by atomic mass is 15.0. The minimum atomic E-state index is 0.849. The number of rotatable bonds is 2. The zero-order valence-electron chi connectivity index (χ0n) is 8.62. The van der Waals surface area contributed by atoms with Crippen molar-refractivity contribution in [2.24, 2.45) is 0 Å². The second kappa shape index (κ2) is 3.29. The Labute approximate surface area is 83.9 Å². The van der Waals surface area contributed by atoms with Gasteiger partial charge in [0.1, 0.15) is 0 Å². The molecule has 0 atom stereocenters. The van der Waals surface area contributed by atoms with E-state index in [0.717, 1.165) is 6.54 Å². The SMILES string of the molecule is C=CCn1c(C)c(C)c2ccncc21. The summed E-state index contributed by atoms with van der Waals surface area (Å²) in [7, 11) is 0. The average molecular weight is 186 g/mol. The van der Waals surface area contributed by atoms with E-state index in [1.54, 1.807) is 0 Å². The van der Waals surface area contributed by atoms with Crippen molar-refractivity contribution in [1.29, 1.82) is 0 Å². The van der Waals surface area contributed by atoms with Crippen molar-refractivity contribution in [1.82, 2.24) is 9.55 Å². The van der Waals surface area contributed by atoms with Crippen LogP contribution in [0.4, 0.5) is 0 Å². The van der Waals surface area contributed by atoms with Crippen LogP contribution < -0.4 is 0 Å². The van der Waals surface area contributed by atoms with Gasteiger partial charge in [0.25, 0.3) is 0 Å². The van der Waals surface area contributed by atoms with E-state index >= 15 is 0 Å². The van der Waals surface area contributed by atoms with Gasteiger partial charge in [0.05, 0.1) is 11.7 Å². The number of allylic oxidation sites excluding steroid dienone is 1. The maximum absolute atomic E-state index is 4.16. The van der Waals surface area contributed by atoms with Crippen molar-refractivity contribution in [3.8, 4) is 0 Å². The number of aromatic nitrogens is 2. The Kier molecular flexibility index (Phi) is 2.12. The van der Waals surface area contributed by atoms with Gasteiger partial charge < -0.3 is 4.57 Å². The summed E-state index contributed by atoms with van der Waals surface area (Å²) < 4.78 is 2.24. The molecule has 0 fully saturated rings. The summed E-state index contributed by atoms with van der Waals surface area (Å²) in [4.78, 5) is 4.16. The van der Waals surface area contributed by atoms with Gasteiger partial charge in [0.15, 0.2) is 0 Å². The number of nitrogens with zero attached hydrogens (tertiary/aromatic N) is 2. The first kappa shape index (κ1) is 9.00. The highest BCUT2D eigenvalue weighted by Gasteiger charge is 2.08. The Morgan fingerprint density at radius 2 is 2.29 bits per heavy atom. The van der Waals surface area contributed by atoms with Crippen LogP contribution in [-0.2, 0) is 6.54 Å². The van der Waals surface area contributed by atoms with Crippen LogP contribution in [0.25, 0.3) is 10.9 Å². The summed E-state index contributed by atoms with van der Waals surface area (Å²) >= 11 is 0. The molecule has 72 valence electrons. The zero-order valence-corrected chi connectivity index (χ0v) is 8.62. The molecule has 0 amide bonds. The summed E-state index contributed by atoms with van der Waals surface area (Å²) in [6.45, 7) is 8.91. The van der Waals surface area contributed by atoms with Gasteiger partial charge in [-0.05, 0) is 25.5 Å². The molecule has 2 heteroatoms. The number of pyridine rings is 1. The third-order valence-corrected chi connectivity index (χ3v) is 2.75. The first-order valence-corrected chi connectivity index (χ1v) is 4.76. The minimum absolute atomic E-state index is 0.849. The fourth-order valence-corrected chi connectivity index (χ4v) is 1.86. The Hall–Kier alpha value is -1.57. The fourth-order valence-electron chi connectivity index (χ4n) is 1.86. The van der Waals surface area contributed by atoms with Crippen LogP contribution in [0.5, 0.6) is 0 Å². The molecule has 2 nitrogen and oxygen atoms in total. The summed E-state index contributed by atoms with van der Waals surface area (Å²) in [6.07, 6.45) is 5.67. The van der Waals surface area contributed by atoms with Gasteiger partial charge in [-0.25, -0.2) is 0 Å². The van der Waals surface area contributed by atoms with E-state index in [4.69, 9.17) is 0 Å². The molecule has 0 aliphatic carbocycles. The number of hydrogen-bond donors (Lipinski definition) is 0. The van der Waals surface area contributed by atoms with Gasteiger partial charge in [0, 0.05) is 23.8 Å². The van der Waals surface area contributed by atoms with E-state index in [0.29, 0.717) is 0 Å². The van der Waals surface area contributed by atoms with Crippen molar-refractivity contribution in [3.05, 3.63) is 42.4 Å². The summed E-state index contributed by atoms with van der Waals surface area (Å²) in [5.41, 5.74) is 3.83. The predicted molar refractivity (Wildman–Crippen MR) is 59.4 cm³/mol. The number of aryl methyl sites for hydroxylation is 1.